The Morgan fingerprint density at radius 1 is 1.43 bits per heavy atom. The van der Waals surface area contributed by atoms with Crippen LogP contribution in [0.1, 0.15) is 6.42 Å². The molecule has 0 radical (unpaired) electrons. The van der Waals surface area contributed by atoms with E-state index in [0.717, 1.165) is 26.1 Å². The molecule has 2 saturated heterocycles. The molecule has 2 aliphatic heterocycles. The highest BCUT2D eigenvalue weighted by molar-refractivity contribution is 5.83. The van der Waals surface area contributed by atoms with Gasteiger partial charge in [0.25, 0.3) is 0 Å². The van der Waals surface area contributed by atoms with Crippen molar-refractivity contribution in [3.63, 3.8) is 0 Å². The Kier molecular flexibility index (Phi) is 2.27. The summed E-state index contributed by atoms with van der Waals surface area (Å²) in [5.74, 6) is 0.327. The summed E-state index contributed by atoms with van der Waals surface area (Å²) in [5, 5.41) is 0. The Labute approximate surface area is 84.8 Å². The lowest BCUT2D eigenvalue weighted by molar-refractivity contribution is -0.135. The van der Waals surface area contributed by atoms with Crippen molar-refractivity contribution >= 4 is 5.91 Å². The highest BCUT2D eigenvalue weighted by Gasteiger charge is 2.53. The third-order valence-electron chi connectivity index (χ3n) is 3.56. The summed E-state index contributed by atoms with van der Waals surface area (Å²) < 4.78 is 5.61. The molecule has 0 N–H and O–H groups in total. The van der Waals surface area contributed by atoms with Crippen molar-refractivity contribution in [3.8, 4) is 0 Å². The van der Waals surface area contributed by atoms with E-state index in [0.29, 0.717) is 0 Å². The van der Waals surface area contributed by atoms with Gasteiger partial charge in [0.1, 0.15) is 5.60 Å². The molecule has 0 aliphatic carbocycles. The largest absolute Gasteiger partial charge is 0.374 e. The molecule has 14 heavy (non-hydrogen) atoms. The molecule has 0 bridgehead atoms. The van der Waals surface area contributed by atoms with Crippen molar-refractivity contribution in [1.82, 2.24) is 9.80 Å². The zero-order chi connectivity index (χ0) is 10.3. The summed E-state index contributed by atoms with van der Waals surface area (Å²) >= 11 is 0. The van der Waals surface area contributed by atoms with E-state index in [1.807, 2.05) is 7.05 Å². The lowest BCUT2D eigenvalue weighted by Gasteiger charge is -2.40. The number of carbonyl (C=O) groups excluding carboxylic acids is 1. The monoisotopic (exact) mass is 198 g/mol. The van der Waals surface area contributed by atoms with Gasteiger partial charge in [0.2, 0.25) is 5.91 Å². The minimum atomic E-state index is -0.251. The fourth-order valence-corrected chi connectivity index (χ4v) is 2.78. The number of hydrogen-bond donors (Lipinski definition) is 0. The molecule has 4 nitrogen and oxygen atoms in total. The first-order valence-electron chi connectivity index (χ1n) is 5.08. The summed E-state index contributed by atoms with van der Waals surface area (Å²) in [4.78, 5) is 15.9. The first-order valence-corrected chi connectivity index (χ1v) is 5.08. The van der Waals surface area contributed by atoms with Crippen LogP contribution in [-0.4, -0.2) is 62.1 Å². The highest BCUT2D eigenvalue weighted by atomic mass is 16.5. The van der Waals surface area contributed by atoms with Crippen molar-refractivity contribution in [2.24, 2.45) is 5.92 Å². The normalized spacial score (nSPS) is 38.9. The van der Waals surface area contributed by atoms with Crippen molar-refractivity contribution in [2.45, 2.75) is 12.0 Å². The lowest BCUT2D eigenvalue weighted by atomic mass is 9.84. The molecular weight excluding hydrogens is 180 g/mol. The van der Waals surface area contributed by atoms with Gasteiger partial charge >= 0.3 is 0 Å². The minimum Gasteiger partial charge on any atom is -0.374 e. The molecule has 2 rings (SSSR count). The minimum absolute atomic E-state index is 0.0775. The number of fused-ring (bicyclic) bond motifs is 1. The third kappa shape index (κ3) is 1.25. The highest BCUT2D eigenvalue weighted by Crippen LogP contribution is 2.37. The zero-order valence-electron chi connectivity index (χ0n) is 9.12. The zero-order valence-corrected chi connectivity index (χ0v) is 9.12. The second-order valence-electron chi connectivity index (χ2n) is 4.54. The van der Waals surface area contributed by atoms with Gasteiger partial charge in [-0.15, -0.1) is 0 Å². The van der Waals surface area contributed by atoms with Crippen molar-refractivity contribution in [1.29, 1.82) is 0 Å². The van der Waals surface area contributed by atoms with Gasteiger partial charge < -0.3 is 14.5 Å². The predicted octanol–water partition coefficient (Wildman–Crippen LogP) is -0.205. The van der Waals surface area contributed by atoms with E-state index < -0.39 is 0 Å². The van der Waals surface area contributed by atoms with Crippen LogP contribution in [-0.2, 0) is 9.53 Å². The van der Waals surface area contributed by atoms with Crippen LogP contribution in [0.15, 0.2) is 0 Å². The maximum atomic E-state index is 11.8. The van der Waals surface area contributed by atoms with Gasteiger partial charge in [0, 0.05) is 20.7 Å². The van der Waals surface area contributed by atoms with Gasteiger partial charge in [0.05, 0.1) is 12.5 Å². The molecule has 4 heteroatoms. The average molecular weight is 198 g/mol. The molecular formula is C10H18N2O2. The van der Waals surface area contributed by atoms with Crippen LogP contribution >= 0.6 is 0 Å². The smallest absolute Gasteiger partial charge is 0.228 e. The van der Waals surface area contributed by atoms with Crippen LogP contribution in [0.25, 0.3) is 0 Å². The Bertz CT molecular complexity index is 257. The number of hydrogen-bond acceptors (Lipinski definition) is 3. The molecule has 0 saturated carbocycles. The first kappa shape index (κ1) is 9.93. The first-order chi connectivity index (χ1) is 6.59. The van der Waals surface area contributed by atoms with Gasteiger partial charge in [-0.1, -0.05) is 0 Å². The van der Waals surface area contributed by atoms with Crippen LogP contribution in [0, 0.1) is 5.92 Å². The molecule has 0 spiro atoms. The second kappa shape index (κ2) is 3.21. The summed E-state index contributed by atoms with van der Waals surface area (Å²) in [5.41, 5.74) is -0.251. The number of likely N-dealkylation sites (N-methyl/N-ethyl adjacent to an activating group) is 2. The molecule has 2 heterocycles. The summed E-state index contributed by atoms with van der Waals surface area (Å²) in [6.07, 6.45) is 0.924. The molecule has 0 aromatic heterocycles. The van der Waals surface area contributed by atoms with Gasteiger partial charge in [-0.05, 0) is 20.0 Å². The van der Waals surface area contributed by atoms with Crippen LogP contribution in [0.2, 0.25) is 0 Å². The number of rotatable bonds is 1. The quantitative estimate of drug-likeness (QED) is 0.585. The Balaban J connectivity index is 2.26. The van der Waals surface area contributed by atoms with E-state index >= 15 is 0 Å². The predicted molar refractivity (Wildman–Crippen MR) is 53.0 cm³/mol. The number of likely N-dealkylation sites (tertiary alicyclic amines) is 2. The van der Waals surface area contributed by atoms with Gasteiger partial charge in [-0.2, -0.15) is 0 Å². The number of ether oxygens (including phenoxy) is 1. The lowest BCUT2D eigenvalue weighted by Crippen LogP contribution is -2.54. The number of amides is 1. The summed E-state index contributed by atoms with van der Waals surface area (Å²) in [7, 11) is 5.67. The fraction of sp³-hybridized carbons (Fsp3) is 0.900. The van der Waals surface area contributed by atoms with E-state index in [9.17, 15) is 4.79 Å². The molecule has 0 unspecified atom stereocenters. The number of piperidine rings is 1. The summed E-state index contributed by atoms with van der Waals surface area (Å²) in [6.45, 7) is 2.59. The Morgan fingerprint density at radius 3 is 2.79 bits per heavy atom. The van der Waals surface area contributed by atoms with Crippen LogP contribution in [0.3, 0.4) is 0 Å². The molecule has 0 aromatic carbocycles. The maximum absolute atomic E-state index is 11.8. The number of carbonyl (C=O) groups is 1. The Hall–Kier alpha value is -0.610. The standard InChI is InChI=1S/C10H18N2O2/c1-11-5-4-8-9(13)12(2)7-10(8,6-11)14-3/h8H,4-7H2,1-3H3/t8-,10-/m1/s1. The summed E-state index contributed by atoms with van der Waals surface area (Å²) in [6, 6.07) is 0. The molecule has 2 atom stereocenters. The fourth-order valence-electron chi connectivity index (χ4n) is 2.78. The third-order valence-corrected chi connectivity index (χ3v) is 3.56. The molecule has 0 aromatic rings. The van der Waals surface area contributed by atoms with E-state index in [1.54, 1.807) is 12.0 Å². The van der Waals surface area contributed by atoms with E-state index in [4.69, 9.17) is 4.74 Å². The topological polar surface area (TPSA) is 32.8 Å². The second-order valence-corrected chi connectivity index (χ2v) is 4.54. The van der Waals surface area contributed by atoms with Crippen molar-refractivity contribution in [2.75, 3.05) is 40.8 Å². The molecule has 1 amide bonds. The van der Waals surface area contributed by atoms with Crippen molar-refractivity contribution in [3.05, 3.63) is 0 Å². The molecule has 80 valence electrons. The van der Waals surface area contributed by atoms with E-state index in [-0.39, 0.29) is 17.4 Å². The van der Waals surface area contributed by atoms with E-state index in [1.165, 1.54) is 0 Å². The van der Waals surface area contributed by atoms with Gasteiger partial charge in [-0.25, -0.2) is 0 Å². The van der Waals surface area contributed by atoms with Crippen LogP contribution < -0.4 is 0 Å². The Morgan fingerprint density at radius 2 is 2.14 bits per heavy atom. The molecule has 2 aliphatic rings. The SMILES string of the molecule is CO[C@@]12CN(C)CC[C@@H]1C(=O)N(C)C2. The van der Waals surface area contributed by atoms with Crippen LogP contribution in [0.5, 0.6) is 0 Å². The molecule has 2 fully saturated rings. The number of methoxy groups -OCH3 is 1. The van der Waals surface area contributed by atoms with Gasteiger partial charge in [-0.3, -0.25) is 4.79 Å². The average Bonchev–Trinajstić information content (AvgIpc) is 2.40. The van der Waals surface area contributed by atoms with Crippen LogP contribution in [0.4, 0.5) is 0 Å². The van der Waals surface area contributed by atoms with Gasteiger partial charge in [0.15, 0.2) is 0 Å². The number of nitrogens with zero attached hydrogens (tertiary/aromatic N) is 2. The van der Waals surface area contributed by atoms with Crippen molar-refractivity contribution < 1.29 is 9.53 Å². The van der Waals surface area contributed by atoms with E-state index in [2.05, 4.69) is 11.9 Å². The maximum Gasteiger partial charge on any atom is 0.228 e.